The molecule has 60 heavy (non-hydrogen) atoms. The molecule has 0 radical (unpaired) electrons. The molecule has 0 unspecified atom stereocenters. The largest absolute Gasteiger partial charge is 0.309 e. The van der Waals surface area contributed by atoms with Gasteiger partial charge < -0.3 is 9.13 Å². The van der Waals surface area contributed by atoms with Gasteiger partial charge in [0.25, 0.3) is 0 Å². The minimum atomic E-state index is -0.426. The van der Waals surface area contributed by atoms with E-state index in [-0.39, 0.29) is 57.6 Å². The molecule has 0 fully saturated rings. The number of nitrogens with zero attached hydrogens (tertiary/aromatic N) is 2. The summed E-state index contributed by atoms with van der Waals surface area (Å²) in [6.07, 6.45) is 0. The van der Waals surface area contributed by atoms with Gasteiger partial charge in [-0.3, -0.25) is 0 Å². The molecule has 0 saturated carbocycles. The summed E-state index contributed by atoms with van der Waals surface area (Å²) in [4.78, 5) is 0. The van der Waals surface area contributed by atoms with Gasteiger partial charge in [-0.2, -0.15) is 0 Å². The van der Waals surface area contributed by atoms with E-state index in [9.17, 15) is 6.85 Å². The smallest absolute Gasteiger partial charge is 0.0645 e. The Morgan fingerprint density at radius 1 is 0.317 bits per heavy atom. The van der Waals surface area contributed by atoms with Crippen molar-refractivity contribution in [2.75, 3.05) is 0 Å². The van der Waals surface area contributed by atoms with E-state index in [1.54, 1.807) is 4.57 Å². The Morgan fingerprint density at radius 2 is 0.950 bits per heavy atom. The number of hydrogen-bond acceptors (Lipinski definition) is 0. The quantitative estimate of drug-likeness (QED) is 0.159. The molecule has 0 bridgehead atoms. The first-order valence-corrected chi connectivity index (χ1v) is 20.1. The Balaban J connectivity index is 1.10. The van der Waals surface area contributed by atoms with Crippen LogP contribution in [0.5, 0.6) is 0 Å². The number of fused-ring (bicyclic) bond motifs is 7. The van der Waals surface area contributed by atoms with Crippen molar-refractivity contribution in [3.05, 3.63) is 230 Å². The number of para-hydroxylation sites is 1. The lowest BCUT2D eigenvalue weighted by molar-refractivity contribution is 1.18. The monoisotopic (exact) mass is 769 g/mol. The van der Waals surface area contributed by atoms with Crippen LogP contribution in [0.3, 0.4) is 0 Å². The lowest BCUT2D eigenvalue weighted by Gasteiger charge is -2.11. The average molecular weight is 770 g/mol. The number of benzene rings is 10. The third-order valence-electron chi connectivity index (χ3n) is 11.7. The maximum atomic E-state index is 9.99. The third kappa shape index (κ3) is 5.57. The van der Waals surface area contributed by atoms with Crippen molar-refractivity contribution in [1.29, 1.82) is 0 Å². The Morgan fingerprint density at radius 3 is 1.80 bits per heavy atom. The SMILES string of the molecule is [2H]c1c([2H])c([2H])c2c(c1[2H])c1c([2H])c(-c3ccc4c(c3)c3c(-c5ccccc5)cccc3n4-c3cccc(-c4ccccc4)c3)c([2H])c([2H])c1n2-c1ccc(-c2ccc3ccccc3c2)cc1. The van der Waals surface area contributed by atoms with Gasteiger partial charge in [-0.15, -0.1) is 0 Å². The van der Waals surface area contributed by atoms with Crippen molar-refractivity contribution in [3.8, 4) is 55.9 Å². The molecule has 0 atom stereocenters. The fourth-order valence-corrected chi connectivity index (χ4v) is 8.91. The van der Waals surface area contributed by atoms with Crippen LogP contribution in [0.1, 0.15) is 9.60 Å². The van der Waals surface area contributed by atoms with Crippen LogP contribution in [0.15, 0.2) is 230 Å². The predicted octanol–water partition coefficient (Wildman–Crippen LogP) is 15.7. The third-order valence-corrected chi connectivity index (χ3v) is 11.7. The van der Waals surface area contributed by atoms with E-state index in [0.29, 0.717) is 11.3 Å². The Bertz CT molecular complexity index is 3990. The predicted molar refractivity (Wildman–Crippen MR) is 254 cm³/mol. The molecule has 0 saturated heterocycles. The molecule has 12 aromatic rings. The summed E-state index contributed by atoms with van der Waals surface area (Å²) in [7, 11) is 0. The second-order valence-electron chi connectivity index (χ2n) is 15.2. The molecule has 2 heterocycles. The molecular weight excluding hydrogens is 725 g/mol. The second kappa shape index (κ2) is 13.9. The van der Waals surface area contributed by atoms with Gasteiger partial charge >= 0.3 is 0 Å². The summed E-state index contributed by atoms with van der Waals surface area (Å²) in [6.45, 7) is 0. The summed E-state index contributed by atoms with van der Waals surface area (Å²) >= 11 is 0. The van der Waals surface area contributed by atoms with Gasteiger partial charge in [0.15, 0.2) is 0 Å². The van der Waals surface area contributed by atoms with E-state index < -0.39 is 12.1 Å². The first kappa shape index (κ1) is 27.7. The molecule has 2 nitrogen and oxygen atoms in total. The highest BCUT2D eigenvalue weighted by atomic mass is 15.0. The molecule has 12 rings (SSSR count). The van der Waals surface area contributed by atoms with E-state index >= 15 is 0 Å². The van der Waals surface area contributed by atoms with Gasteiger partial charge in [0.2, 0.25) is 0 Å². The highest BCUT2D eigenvalue weighted by Gasteiger charge is 2.19. The van der Waals surface area contributed by atoms with E-state index in [2.05, 4.69) is 102 Å². The zero-order chi connectivity index (χ0) is 45.7. The van der Waals surface area contributed by atoms with Crippen LogP contribution in [-0.2, 0) is 0 Å². The van der Waals surface area contributed by atoms with Crippen LogP contribution in [0.2, 0.25) is 0 Å². The molecular formula is C58H38N2. The highest BCUT2D eigenvalue weighted by Crippen LogP contribution is 2.42. The van der Waals surface area contributed by atoms with Crippen LogP contribution in [0, 0.1) is 0 Å². The molecule has 0 aliphatic rings. The number of hydrogen-bond donors (Lipinski definition) is 0. The van der Waals surface area contributed by atoms with Gasteiger partial charge in [-0.25, -0.2) is 0 Å². The second-order valence-corrected chi connectivity index (χ2v) is 15.2. The van der Waals surface area contributed by atoms with E-state index in [1.165, 1.54) is 0 Å². The standard InChI is InChI=1S/C58H38N2/c1-3-13-39(14-4-1)44-19-11-20-49(36-44)60-56-34-30-47(38-53(56)58-50(22-12-24-57(58)60)42-16-5-2-6-17-42)46-29-33-55-52(37-46)51-21-9-10-23-54(51)59(55)48-31-27-41(28-32-48)45-26-25-40-15-7-8-18-43(40)35-45/h1-38H/i9D,10D,21D,23D,29D,33D,37D. The van der Waals surface area contributed by atoms with Gasteiger partial charge in [0.1, 0.15) is 0 Å². The van der Waals surface area contributed by atoms with E-state index in [0.717, 1.165) is 71.6 Å². The summed E-state index contributed by atoms with van der Waals surface area (Å²) < 4.78 is 69.3. The molecule has 2 heteroatoms. The Hall–Kier alpha value is -7.94. The number of rotatable bonds is 6. The van der Waals surface area contributed by atoms with Crippen molar-refractivity contribution in [2.24, 2.45) is 0 Å². The zero-order valence-electron chi connectivity index (χ0n) is 39.3. The van der Waals surface area contributed by atoms with Crippen LogP contribution in [0.4, 0.5) is 0 Å². The molecule has 0 aliphatic carbocycles. The maximum absolute atomic E-state index is 9.99. The minimum Gasteiger partial charge on any atom is -0.309 e. The topological polar surface area (TPSA) is 9.86 Å². The molecule has 10 aromatic carbocycles. The summed E-state index contributed by atoms with van der Waals surface area (Å²) in [5.41, 5.74) is 10.8. The van der Waals surface area contributed by atoms with Crippen molar-refractivity contribution in [2.45, 2.75) is 0 Å². The molecule has 280 valence electrons. The summed E-state index contributed by atoms with van der Waals surface area (Å²) in [5.74, 6) is 0. The van der Waals surface area contributed by atoms with Crippen LogP contribution < -0.4 is 0 Å². The van der Waals surface area contributed by atoms with Crippen molar-refractivity contribution < 1.29 is 9.60 Å². The molecule has 0 aliphatic heterocycles. The lowest BCUT2D eigenvalue weighted by atomic mass is 9.97. The van der Waals surface area contributed by atoms with Gasteiger partial charge in [-0.1, -0.05) is 164 Å². The van der Waals surface area contributed by atoms with Crippen LogP contribution in [0.25, 0.3) is 110 Å². The first-order chi connectivity index (χ1) is 32.7. The molecule has 0 spiro atoms. The Labute approximate surface area is 358 Å². The Kier molecular flexibility index (Phi) is 6.39. The summed E-state index contributed by atoms with van der Waals surface area (Å²) in [6, 6.07) is 61.5. The zero-order valence-corrected chi connectivity index (χ0v) is 32.3. The van der Waals surface area contributed by atoms with E-state index in [1.807, 2.05) is 91.0 Å². The van der Waals surface area contributed by atoms with Crippen molar-refractivity contribution in [3.63, 3.8) is 0 Å². The summed E-state index contributed by atoms with van der Waals surface area (Å²) in [5, 5.41) is 4.48. The molecule has 2 aromatic heterocycles. The van der Waals surface area contributed by atoms with Crippen LogP contribution in [-0.4, -0.2) is 9.13 Å². The van der Waals surface area contributed by atoms with Crippen LogP contribution >= 0.6 is 0 Å². The fraction of sp³-hybridized carbons (Fsp3) is 0. The van der Waals surface area contributed by atoms with Crippen molar-refractivity contribution >= 4 is 54.4 Å². The number of aromatic nitrogens is 2. The first-order valence-electron chi connectivity index (χ1n) is 23.6. The van der Waals surface area contributed by atoms with E-state index in [4.69, 9.17) is 2.74 Å². The van der Waals surface area contributed by atoms with Crippen molar-refractivity contribution in [1.82, 2.24) is 9.13 Å². The molecule has 0 amide bonds. The van der Waals surface area contributed by atoms with Gasteiger partial charge in [-0.05, 0) is 122 Å². The van der Waals surface area contributed by atoms with Gasteiger partial charge in [0.05, 0.1) is 31.7 Å². The lowest BCUT2D eigenvalue weighted by Crippen LogP contribution is -1.94. The van der Waals surface area contributed by atoms with Gasteiger partial charge in [0, 0.05) is 32.9 Å². The highest BCUT2D eigenvalue weighted by molar-refractivity contribution is 6.17. The minimum absolute atomic E-state index is 0.0838. The average Bonchev–Trinajstić information content (AvgIpc) is 3.92. The normalized spacial score (nSPS) is 13.3. The molecule has 0 N–H and O–H groups in total. The fourth-order valence-electron chi connectivity index (χ4n) is 8.91. The maximum Gasteiger partial charge on any atom is 0.0645 e.